The number of carbonyl (C=O) groups is 1. The van der Waals surface area contributed by atoms with Gasteiger partial charge in [-0.2, -0.15) is 14.6 Å². The molecular formula is C21H23ClN6O. The monoisotopic (exact) mass is 410 g/mol. The molecule has 0 spiro atoms. The second-order valence-corrected chi connectivity index (χ2v) is 8.26. The van der Waals surface area contributed by atoms with Crippen molar-refractivity contribution in [1.29, 1.82) is 0 Å². The number of aryl methyl sites for hydroxylation is 1. The maximum atomic E-state index is 12.8. The molecule has 2 aliphatic rings. The van der Waals surface area contributed by atoms with Gasteiger partial charge < -0.3 is 10.2 Å². The molecule has 1 aromatic carbocycles. The fraction of sp³-hybridized carbons (Fsp3) is 0.429. The molecule has 0 unspecified atom stereocenters. The summed E-state index contributed by atoms with van der Waals surface area (Å²) in [7, 11) is 0. The van der Waals surface area contributed by atoms with Gasteiger partial charge in [0.25, 0.3) is 5.78 Å². The second-order valence-electron chi connectivity index (χ2n) is 7.85. The third-order valence-corrected chi connectivity index (χ3v) is 6.52. The predicted octanol–water partition coefficient (Wildman–Crippen LogP) is 3.43. The van der Waals surface area contributed by atoms with E-state index in [4.69, 9.17) is 11.6 Å². The normalized spacial score (nSPS) is 17.0. The smallest absolute Gasteiger partial charge is 0.254 e. The zero-order valence-electron chi connectivity index (χ0n) is 16.4. The molecule has 2 aromatic heterocycles. The Labute approximate surface area is 174 Å². The Bertz CT molecular complexity index is 1090. The largest absolute Gasteiger partial charge is 0.356 e. The van der Waals surface area contributed by atoms with Crippen LogP contribution >= 0.6 is 11.6 Å². The van der Waals surface area contributed by atoms with Gasteiger partial charge in [0.05, 0.1) is 5.69 Å². The Balaban J connectivity index is 1.32. The third-order valence-electron chi connectivity index (χ3n) is 6.11. The molecule has 7 nitrogen and oxygen atoms in total. The highest BCUT2D eigenvalue weighted by atomic mass is 35.5. The Kier molecular flexibility index (Phi) is 4.62. The average Bonchev–Trinajstić information content (AvgIpc) is 3.38. The number of benzene rings is 1. The fourth-order valence-corrected chi connectivity index (χ4v) is 4.63. The van der Waals surface area contributed by atoms with Crippen molar-refractivity contribution in [2.45, 2.75) is 39.0 Å². The first-order valence-corrected chi connectivity index (χ1v) is 10.5. The third kappa shape index (κ3) is 3.23. The Morgan fingerprint density at radius 1 is 1.24 bits per heavy atom. The lowest BCUT2D eigenvalue weighted by Crippen LogP contribution is -2.39. The number of hydrogen-bond donors (Lipinski definition) is 1. The van der Waals surface area contributed by atoms with Crippen molar-refractivity contribution in [3.63, 3.8) is 0 Å². The van der Waals surface area contributed by atoms with Crippen LogP contribution in [-0.4, -0.2) is 38.6 Å². The van der Waals surface area contributed by atoms with Gasteiger partial charge in [-0.15, -0.1) is 0 Å². The van der Waals surface area contributed by atoms with Gasteiger partial charge in [0, 0.05) is 35.3 Å². The van der Waals surface area contributed by atoms with Crippen molar-refractivity contribution in [2.75, 3.05) is 23.3 Å². The van der Waals surface area contributed by atoms with E-state index in [1.165, 1.54) is 5.56 Å². The van der Waals surface area contributed by atoms with Crippen LogP contribution in [0.4, 0.5) is 11.5 Å². The quantitative estimate of drug-likeness (QED) is 0.715. The number of anilines is 2. The highest BCUT2D eigenvalue weighted by Gasteiger charge is 2.30. The van der Waals surface area contributed by atoms with Crippen molar-refractivity contribution >= 4 is 34.8 Å². The first kappa shape index (κ1) is 18.4. The van der Waals surface area contributed by atoms with Crippen LogP contribution < -0.4 is 10.2 Å². The lowest BCUT2D eigenvalue weighted by Gasteiger charge is -2.34. The zero-order chi connectivity index (χ0) is 20.0. The number of aromatic nitrogens is 4. The fourth-order valence-electron chi connectivity index (χ4n) is 4.46. The summed E-state index contributed by atoms with van der Waals surface area (Å²) in [5, 5.41) is 8.14. The number of halogens is 1. The molecule has 3 aromatic rings. The molecule has 0 atom stereocenters. The standard InChI is InChI=1S/C21H23ClN6O/c1-13-16(22)5-3-6-17(13)25-19(29)14-8-10-27(11-9-14)20-15-4-2-7-18(15)26-21-23-12-24-28(20)21/h3,5-6,12,14H,2,4,7-11H2,1H3,(H,25,29). The predicted molar refractivity (Wildman–Crippen MR) is 113 cm³/mol. The Morgan fingerprint density at radius 3 is 2.90 bits per heavy atom. The van der Waals surface area contributed by atoms with Crippen LogP contribution in [0.15, 0.2) is 24.5 Å². The van der Waals surface area contributed by atoms with Crippen LogP contribution in [0.2, 0.25) is 5.02 Å². The van der Waals surface area contributed by atoms with E-state index in [1.807, 2.05) is 29.6 Å². The van der Waals surface area contributed by atoms with Crippen LogP contribution in [0.1, 0.15) is 36.1 Å². The molecule has 8 heteroatoms. The summed E-state index contributed by atoms with van der Waals surface area (Å²) < 4.78 is 1.86. The molecule has 0 radical (unpaired) electrons. The topological polar surface area (TPSA) is 75.4 Å². The molecule has 1 amide bonds. The molecule has 29 heavy (non-hydrogen) atoms. The number of piperidine rings is 1. The SMILES string of the molecule is Cc1c(Cl)cccc1NC(=O)C1CCN(c2c3c(nc4ncnn24)CCC3)CC1. The maximum Gasteiger partial charge on any atom is 0.254 e. The summed E-state index contributed by atoms with van der Waals surface area (Å²) in [5.41, 5.74) is 4.14. The summed E-state index contributed by atoms with van der Waals surface area (Å²) in [6.07, 6.45) is 6.33. The van der Waals surface area contributed by atoms with E-state index in [-0.39, 0.29) is 11.8 Å². The van der Waals surface area contributed by atoms with Gasteiger partial charge in [0.2, 0.25) is 5.91 Å². The maximum absolute atomic E-state index is 12.8. The van der Waals surface area contributed by atoms with Crippen LogP contribution in [0.5, 0.6) is 0 Å². The second kappa shape index (κ2) is 7.30. The van der Waals surface area contributed by atoms with Crippen LogP contribution in [-0.2, 0) is 17.6 Å². The van der Waals surface area contributed by atoms with Gasteiger partial charge in [0.1, 0.15) is 12.1 Å². The number of rotatable bonds is 3. The first-order chi connectivity index (χ1) is 14.1. The molecular weight excluding hydrogens is 388 g/mol. The Morgan fingerprint density at radius 2 is 2.07 bits per heavy atom. The zero-order valence-corrected chi connectivity index (χ0v) is 17.1. The molecule has 0 saturated carbocycles. The van der Waals surface area contributed by atoms with E-state index in [9.17, 15) is 4.79 Å². The van der Waals surface area contributed by atoms with Gasteiger partial charge in [-0.3, -0.25) is 4.79 Å². The minimum atomic E-state index is -0.00856. The van der Waals surface area contributed by atoms with Gasteiger partial charge in [-0.1, -0.05) is 17.7 Å². The van der Waals surface area contributed by atoms with Crippen molar-refractivity contribution in [3.05, 3.63) is 46.4 Å². The van der Waals surface area contributed by atoms with Gasteiger partial charge >= 0.3 is 0 Å². The molecule has 3 heterocycles. The summed E-state index contributed by atoms with van der Waals surface area (Å²) in [6, 6.07) is 5.60. The summed E-state index contributed by atoms with van der Waals surface area (Å²) in [4.78, 5) is 24.1. The van der Waals surface area contributed by atoms with Crippen molar-refractivity contribution < 1.29 is 4.79 Å². The number of carbonyl (C=O) groups excluding carboxylic acids is 1. The van der Waals surface area contributed by atoms with Gasteiger partial charge in [-0.25, -0.2) is 4.98 Å². The number of amides is 1. The molecule has 1 saturated heterocycles. The van der Waals surface area contributed by atoms with Crippen LogP contribution in [0, 0.1) is 12.8 Å². The van der Waals surface area contributed by atoms with E-state index >= 15 is 0 Å². The molecule has 1 aliphatic heterocycles. The van der Waals surface area contributed by atoms with Crippen molar-refractivity contribution in [1.82, 2.24) is 19.6 Å². The number of nitrogens with zero attached hydrogens (tertiary/aromatic N) is 5. The highest BCUT2D eigenvalue weighted by Crippen LogP contribution is 2.33. The number of nitrogens with one attached hydrogen (secondary N) is 1. The van der Waals surface area contributed by atoms with E-state index in [1.54, 1.807) is 6.33 Å². The summed E-state index contributed by atoms with van der Waals surface area (Å²) in [6.45, 7) is 3.56. The molecule has 5 rings (SSSR count). The molecule has 1 fully saturated rings. The lowest BCUT2D eigenvalue weighted by atomic mass is 9.95. The average molecular weight is 411 g/mol. The van der Waals surface area contributed by atoms with E-state index in [0.717, 1.165) is 68.0 Å². The number of fused-ring (bicyclic) bond motifs is 2. The molecule has 1 N–H and O–H groups in total. The minimum Gasteiger partial charge on any atom is -0.356 e. The van der Waals surface area contributed by atoms with E-state index in [0.29, 0.717) is 10.8 Å². The van der Waals surface area contributed by atoms with E-state index < -0.39 is 0 Å². The van der Waals surface area contributed by atoms with E-state index in [2.05, 4.69) is 25.3 Å². The van der Waals surface area contributed by atoms with Crippen molar-refractivity contribution in [2.24, 2.45) is 5.92 Å². The van der Waals surface area contributed by atoms with Gasteiger partial charge in [-0.05, 0) is 56.7 Å². The molecule has 0 bridgehead atoms. The highest BCUT2D eigenvalue weighted by molar-refractivity contribution is 6.31. The summed E-state index contributed by atoms with van der Waals surface area (Å²) >= 11 is 6.18. The first-order valence-electron chi connectivity index (χ1n) is 10.1. The van der Waals surface area contributed by atoms with Crippen LogP contribution in [0.25, 0.3) is 5.78 Å². The molecule has 150 valence electrons. The Hall–Kier alpha value is -2.67. The minimum absolute atomic E-state index is 0.00856. The van der Waals surface area contributed by atoms with Gasteiger partial charge in [0.15, 0.2) is 0 Å². The number of hydrogen-bond acceptors (Lipinski definition) is 5. The summed E-state index contributed by atoms with van der Waals surface area (Å²) in [5.74, 6) is 1.84. The van der Waals surface area contributed by atoms with Crippen molar-refractivity contribution in [3.8, 4) is 0 Å². The molecule has 1 aliphatic carbocycles. The lowest BCUT2D eigenvalue weighted by molar-refractivity contribution is -0.120. The van der Waals surface area contributed by atoms with Crippen LogP contribution in [0.3, 0.4) is 0 Å².